The van der Waals surface area contributed by atoms with Gasteiger partial charge in [0.25, 0.3) is 5.91 Å². The number of hydrogen-bond acceptors (Lipinski definition) is 5. The van der Waals surface area contributed by atoms with Crippen molar-refractivity contribution >= 4 is 17.2 Å². The van der Waals surface area contributed by atoms with Gasteiger partial charge < -0.3 is 4.90 Å². The molecule has 102 valence electrons. The van der Waals surface area contributed by atoms with Gasteiger partial charge in [0.05, 0.1) is 10.7 Å². The molecular formula is C12H22N4OS. The Morgan fingerprint density at radius 2 is 2.06 bits per heavy atom. The zero-order chi connectivity index (χ0) is 13.9. The monoisotopic (exact) mass is 270 g/mol. The first-order valence-corrected chi connectivity index (χ1v) is 6.73. The first-order chi connectivity index (χ1) is 8.25. The van der Waals surface area contributed by atoms with Crippen molar-refractivity contribution in [2.75, 3.05) is 20.6 Å². The molecule has 0 fully saturated rings. The van der Waals surface area contributed by atoms with Gasteiger partial charge in [0, 0.05) is 18.4 Å². The molecule has 0 unspecified atom stereocenters. The van der Waals surface area contributed by atoms with Crippen molar-refractivity contribution in [2.45, 2.75) is 32.6 Å². The highest BCUT2D eigenvalue weighted by molar-refractivity contribution is 7.13. The Bertz CT molecular complexity index is 420. The van der Waals surface area contributed by atoms with Gasteiger partial charge in [0.15, 0.2) is 0 Å². The van der Waals surface area contributed by atoms with Crippen molar-refractivity contribution in [1.82, 2.24) is 15.3 Å². The van der Waals surface area contributed by atoms with Crippen LogP contribution in [0.4, 0.5) is 0 Å². The molecule has 0 spiro atoms. The number of thiazole rings is 1. The summed E-state index contributed by atoms with van der Waals surface area (Å²) < 4.78 is 0. The lowest BCUT2D eigenvalue weighted by atomic mass is 9.91. The number of carbonyl (C=O) groups is 1. The highest BCUT2D eigenvalue weighted by atomic mass is 32.1. The fourth-order valence-electron chi connectivity index (χ4n) is 1.52. The molecule has 0 saturated heterocycles. The second-order valence-corrected chi connectivity index (χ2v) is 6.65. The smallest absolute Gasteiger partial charge is 0.277 e. The van der Waals surface area contributed by atoms with E-state index >= 15 is 0 Å². The van der Waals surface area contributed by atoms with Crippen molar-refractivity contribution in [1.29, 1.82) is 0 Å². The number of aromatic nitrogens is 1. The van der Waals surface area contributed by atoms with Gasteiger partial charge in [-0.1, -0.05) is 20.8 Å². The van der Waals surface area contributed by atoms with Crippen molar-refractivity contribution in [3.63, 3.8) is 0 Å². The van der Waals surface area contributed by atoms with Crippen LogP contribution in [0.15, 0.2) is 0 Å². The molecule has 1 heterocycles. The van der Waals surface area contributed by atoms with E-state index in [1.165, 1.54) is 11.3 Å². The average molecular weight is 270 g/mol. The summed E-state index contributed by atoms with van der Waals surface area (Å²) >= 11 is 1.43. The first kappa shape index (κ1) is 15.1. The summed E-state index contributed by atoms with van der Waals surface area (Å²) in [7, 11) is 4.04. The Morgan fingerprint density at radius 3 is 2.50 bits per heavy atom. The zero-order valence-electron chi connectivity index (χ0n) is 11.7. The van der Waals surface area contributed by atoms with Crippen molar-refractivity contribution in [3.05, 3.63) is 15.6 Å². The summed E-state index contributed by atoms with van der Waals surface area (Å²) in [4.78, 5) is 19.1. The number of likely N-dealkylation sites (N-methyl/N-ethyl adjacent to an activating group) is 1. The molecular weight excluding hydrogens is 248 g/mol. The Kier molecular flexibility index (Phi) is 4.84. The third-order valence-corrected chi connectivity index (χ3v) is 3.61. The second-order valence-electron chi connectivity index (χ2n) is 5.56. The maximum Gasteiger partial charge on any atom is 0.277 e. The number of hydrogen-bond donors (Lipinski definition) is 2. The van der Waals surface area contributed by atoms with Crippen molar-refractivity contribution in [2.24, 2.45) is 5.84 Å². The molecule has 0 aromatic carbocycles. The molecule has 1 aromatic heterocycles. The SMILES string of the molecule is CN(C)CCc1nc(C(C)(C)C)c(C(=O)NN)s1. The highest BCUT2D eigenvalue weighted by Crippen LogP contribution is 2.29. The standard InChI is InChI=1S/C12H22N4OS/c1-12(2,3)10-9(11(17)15-13)18-8(14-10)6-7-16(4)5/h6-7,13H2,1-5H3,(H,15,17). The van der Waals surface area contributed by atoms with E-state index in [2.05, 4.69) is 15.3 Å². The maximum absolute atomic E-state index is 11.8. The molecule has 0 aliphatic heterocycles. The summed E-state index contributed by atoms with van der Waals surface area (Å²) in [5.74, 6) is 4.96. The lowest BCUT2D eigenvalue weighted by molar-refractivity contribution is 0.0955. The maximum atomic E-state index is 11.8. The largest absolute Gasteiger partial charge is 0.309 e. The van der Waals surface area contributed by atoms with Crippen molar-refractivity contribution in [3.8, 4) is 0 Å². The van der Waals surface area contributed by atoms with Crippen LogP contribution in [0.25, 0.3) is 0 Å². The predicted octanol–water partition coefficient (Wildman–Crippen LogP) is 1.15. The highest BCUT2D eigenvalue weighted by Gasteiger charge is 2.26. The van der Waals surface area contributed by atoms with Gasteiger partial charge in [-0.05, 0) is 14.1 Å². The van der Waals surface area contributed by atoms with E-state index in [4.69, 9.17) is 5.84 Å². The third-order valence-electron chi connectivity index (χ3n) is 2.49. The number of nitrogens with one attached hydrogen (secondary N) is 1. The molecule has 0 bridgehead atoms. The van der Waals surface area contributed by atoms with E-state index in [1.807, 2.05) is 34.9 Å². The number of hydrazine groups is 1. The van der Waals surface area contributed by atoms with Crippen LogP contribution in [0.5, 0.6) is 0 Å². The molecule has 5 nitrogen and oxygen atoms in total. The van der Waals surface area contributed by atoms with E-state index in [1.54, 1.807) is 0 Å². The van der Waals surface area contributed by atoms with Gasteiger partial charge in [-0.3, -0.25) is 10.2 Å². The molecule has 0 radical (unpaired) electrons. The number of nitrogens with zero attached hydrogens (tertiary/aromatic N) is 2. The normalized spacial score (nSPS) is 11.9. The van der Waals surface area contributed by atoms with Gasteiger partial charge in [0.1, 0.15) is 4.88 Å². The van der Waals surface area contributed by atoms with Gasteiger partial charge in [-0.15, -0.1) is 11.3 Å². The fraction of sp³-hybridized carbons (Fsp3) is 0.667. The minimum Gasteiger partial charge on any atom is -0.309 e. The zero-order valence-corrected chi connectivity index (χ0v) is 12.5. The van der Waals surface area contributed by atoms with Gasteiger partial charge in [-0.2, -0.15) is 0 Å². The Morgan fingerprint density at radius 1 is 1.44 bits per heavy atom. The van der Waals surface area contributed by atoms with Crippen LogP contribution >= 0.6 is 11.3 Å². The van der Waals surface area contributed by atoms with Crippen LogP contribution in [0.2, 0.25) is 0 Å². The van der Waals surface area contributed by atoms with E-state index < -0.39 is 0 Å². The lowest BCUT2D eigenvalue weighted by Crippen LogP contribution is -2.31. The van der Waals surface area contributed by atoms with E-state index in [0.717, 1.165) is 23.7 Å². The Hall–Kier alpha value is -0.980. The molecule has 1 rings (SSSR count). The van der Waals surface area contributed by atoms with Crippen LogP contribution in [0.3, 0.4) is 0 Å². The van der Waals surface area contributed by atoms with E-state index in [-0.39, 0.29) is 11.3 Å². The van der Waals surface area contributed by atoms with Crippen LogP contribution in [-0.2, 0) is 11.8 Å². The number of nitrogens with two attached hydrogens (primary N) is 1. The first-order valence-electron chi connectivity index (χ1n) is 5.91. The minimum absolute atomic E-state index is 0.158. The number of rotatable bonds is 4. The molecule has 0 saturated carbocycles. The summed E-state index contributed by atoms with van der Waals surface area (Å²) in [6, 6.07) is 0. The van der Waals surface area contributed by atoms with Crippen LogP contribution in [0.1, 0.15) is 41.1 Å². The minimum atomic E-state index is -0.256. The summed E-state index contributed by atoms with van der Waals surface area (Å²) in [6.45, 7) is 7.06. The van der Waals surface area contributed by atoms with Crippen LogP contribution < -0.4 is 11.3 Å². The van der Waals surface area contributed by atoms with Crippen LogP contribution in [-0.4, -0.2) is 36.4 Å². The van der Waals surface area contributed by atoms with Crippen molar-refractivity contribution < 1.29 is 4.79 Å². The Labute approximate surface area is 112 Å². The molecule has 1 amide bonds. The average Bonchev–Trinajstić information content (AvgIpc) is 2.69. The molecule has 1 aromatic rings. The molecule has 6 heteroatoms. The Balaban J connectivity index is 3.04. The fourth-order valence-corrected chi connectivity index (χ4v) is 2.68. The van der Waals surface area contributed by atoms with Gasteiger partial charge in [0.2, 0.25) is 0 Å². The molecule has 0 atom stereocenters. The predicted molar refractivity (Wildman–Crippen MR) is 74.7 cm³/mol. The summed E-state index contributed by atoms with van der Waals surface area (Å²) in [5, 5.41) is 0.979. The van der Waals surface area contributed by atoms with Gasteiger partial charge in [-0.25, -0.2) is 10.8 Å². The topological polar surface area (TPSA) is 71.2 Å². The van der Waals surface area contributed by atoms with E-state index in [0.29, 0.717) is 4.88 Å². The molecule has 0 aliphatic rings. The van der Waals surface area contributed by atoms with Gasteiger partial charge >= 0.3 is 0 Å². The quantitative estimate of drug-likeness (QED) is 0.489. The molecule has 0 aliphatic carbocycles. The number of carbonyl (C=O) groups excluding carboxylic acids is 1. The van der Waals surface area contributed by atoms with Crippen LogP contribution in [0, 0.1) is 0 Å². The third kappa shape index (κ3) is 3.76. The summed E-state index contributed by atoms with van der Waals surface area (Å²) in [5.41, 5.74) is 2.86. The molecule has 18 heavy (non-hydrogen) atoms. The lowest BCUT2D eigenvalue weighted by Gasteiger charge is -2.16. The second kappa shape index (κ2) is 5.77. The molecule has 3 N–H and O–H groups in total. The summed E-state index contributed by atoms with van der Waals surface area (Å²) in [6.07, 6.45) is 0.846. The number of nitrogen functional groups attached to an aromatic ring is 1. The number of amides is 1. The van der Waals surface area contributed by atoms with E-state index in [9.17, 15) is 4.79 Å².